The molecule has 5 rings (SSSR count). The van der Waals surface area contributed by atoms with E-state index in [1.165, 1.54) is 11.0 Å². The number of imide groups is 1. The molecule has 3 fully saturated rings. The topological polar surface area (TPSA) is 67.6 Å². The van der Waals surface area contributed by atoms with Crippen molar-refractivity contribution in [2.75, 3.05) is 18.0 Å². The smallest absolute Gasteiger partial charge is 0.253 e. The van der Waals surface area contributed by atoms with Gasteiger partial charge in [0, 0.05) is 18.1 Å². The zero-order chi connectivity index (χ0) is 20.3. The van der Waals surface area contributed by atoms with Gasteiger partial charge in [0.25, 0.3) is 5.91 Å². The molecule has 8 heteroatoms. The minimum absolute atomic E-state index is 0.247. The maximum Gasteiger partial charge on any atom is 0.253 e. The molecule has 0 aliphatic carbocycles. The molecular weight excluding hydrogens is 411 g/mol. The van der Waals surface area contributed by atoms with E-state index in [-0.39, 0.29) is 22.9 Å². The Kier molecular flexibility index (Phi) is 4.37. The molecule has 0 saturated carbocycles. The summed E-state index contributed by atoms with van der Waals surface area (Å²) in [5.41, 5.74) is 1.85. The number of fused-ring (bicyclic) bond motifs is 3. The van der Waals surface area contributed by atoms with E-state index in [1.54, 1.807) is 24.3 Å². The maximum absolute atomic E-state index is 13.5. The third-order valence-electron chi connectivity index (χ3n) is 5.94. The van der Waals surface area contributed by atoms with Crippen LogP contribution in [0.5, 0.6) is 0 Å². The number of hydrogen-bond donors (Lipinski definition) is 0. The van der Waals surface area contributed by atoms with Gasteiger partial charge >= 0.3 is 0 Å². The fourth-order valence-electron chi connectivity index (χ4n) is 4.77. The van der Waals surface area contributed by atoms with Gasteiger partial charge in [-0.05, 0) is 42.3 Å². The van der Waals surface area contributed by atoms with Gasteiger partial charge in [-0.3, -0.25) is 9.59 Å². The third kappa shape index (κ3) is 2.70. The van der Waals surface area contributed by atoms with Crippen molar-refractivity contribution in [1.29, 1.82) is 5.26 Å². The third-order valence-corrected chi connectivity index (χ3v) is 6.48. The van der Waals surface area contributed by atoms with Gasteiger partial charge in [-0.1, -0.05) is 35.3 Å². The van der Waals surface area contributed by atoms with Crippen LogP contribution in [0.1, 0.15) is 23.6 Å². The second kappa shape index (κ2) is 6.82. The van der Waals surface area contributed by atoms with Gasteiger partial charge in [0.2, 0.25) is 5.91 Å². The number of benzene rings is 2. The summed E-state index contributed by atoms with van der Waals surface area (Å²) in [6.07, 6.45) is 0.930. The SMILES string of the molecule is N#Cc1ccc([C@@H]2[C@@H]3C(=O)N(c4ccc(Cl)cc4Cl)C(=O)[C@@H]3N3CCCN23)cc1. The van der Waals surface area contributed by atoms with Crippen molar-refractivity contribution in [1.82, 2.24) is 10.0 Å². The quantitative estimate of drug-likeness (QED) is 0.688. The number of carbonyl (C=O) groups excluding carboxylic acids is 2. The van der Waals surface area contributed by atoms with E-state index in [9.17, 15) is 9.59 Å². The van der Waals surface area contributed by atoms with Crippen molar-refractivity contribution in [3.63, 3.8) is 0 Å². The van der Waals surface area contributed by atoms with E-state index in [0.29, 0.717) is 16.3 Å². The van der Waals surface area contributed by atoms with Gasteiger partial charge in [0.15, 0.2) is 0 Å². The number of nitrogens with zero attached hydrogens (tertiary/aromatic N) is 4. The van der Waals surface area contributed by atoms with Crippen molar-refractivity contribution in [3.05, 3.63) is 63.6 Å². The molecule has 3 aliphatic heterocycles. The summed E-state index contributed by atoms with van der Waals surface area (Å²) < 4.78 is 0. The average molecular weight is 427 g/mol. The van der Waals surface area contributed by atoms with Crippen LogP contribution in [0.15, 0.2) is 42.5 Å². The van der Waals surface area contributed by atoms with Crippen LogP contribution in [0.25, 0.3) is 0 Å². The lowest BCUT2D eigenvalue weighted by Crippen LogP contribution is -2.44. The van der Waals surface area contributed by atoms with Gasteiger partial charge < -0.3 is 0 Å². The highest BCUT2D eigenvalue weighted by Gasteiger charge is 2.63. The summed E-state index contributed by atoms with van der Waals surface area (Å²) in [7, 11) is 0. The standard InChI is InChI=1S/C21H16Cl2N4O2/c22-14-6-7-16(15(23)10-14)27-20(28)17-18(13-4-2-12(11-24)3-5-13)25-8-1-9-26(25)19(17)21(27)29/h2-7,10,17-19H,1,8-9H2/t17-,18+,19+/m0/s1. The molecule has 2 amide bonds. The van der Waals surface area contributed by atoms with Crippen LogP contribution in [-0.4, -0.2) is 41.0 Å². The molecule has 3 aliphatic rings. The number of amides is 2. The molecule has 0 N–H and O–H groups in total. The van der Waals surface area contributed by atoms with Gasteiger partial charge in [-0.2, -0.15) is 5.26 Å². The Morgan fingerprint density at radius 2 is 1.62 bits per heavy atom. The number of hydrazine groups is 1. The number of anilines is 1. The number of hydrogen-bond acceptors (Lipinski definition) is 5. The lowest BCUT2D eigenvalue weighted by atomic mass is 9.89. The van der Waals surface area contributed by atoms with E-state index >= 15 is 0 Å². The van der Waals surface area contributed by atoms with Crippen molar-refractivity contribution < 1.29 is 9.59 Å². The zero-order valence-corrected chi connectivity index (χ0v) is 16.8. The molecule has 3 heterocycles. The van der Waals surface area contributed by atoms with Crippen LogP contribution >= 0.6 is 23.2 Å². The lowest BCUT2D eigenvalue weighted by Gasteiger charge is -2.30. The van der Waals surface area contributed by atoms with Crippen LogP contribution in [0.4, 0.5) is 5.69 Å². The first-order valence-corrected chi connectivity index (χ1v) is 10.1. The van der Waals surface area contributed by atoms with Gasteiger partial charge in [-0.15, -0.1) is 0 Å². The molecule has 0 unspecified atom stereocenters. The largest absolute Gasteiger partial charge is 0.274 e. The zero-order valence-electron chi connectivity index (χ0n) is 15.3. The van der Waals surface area contributed by atoms with Crippen molar-refractivity contribution >= 4 is 40.7 Å². The fourth-order valence-corrected chi connectivity index (χ4v) is 5.26. The Balaban J connectivity index is 1.58. The Morgan fingerprint density at radius 3 is 2.28 bits per heavy atom. The Morgan fingerprint density at radius 1 is 0.931 bits per heavy atom. The summed E-state index contributed by atoms with van der Waals surface area (Å²) in [6.45, 7) is 1.52. The van der Waals surface area contributed by atoms with Crippen molar-refractivity contribution in [3.8, 4) is 6.07 Å². The Bertz CT molecular complexity index is 1070. The highest BCUT2D eigenvalue weighted by Crippen LogP contribution is 2.49. The number of nitriles is 1. The number of rotatable bonds is 2. The van der Waals surface area contributed by atoms with Crippen LogP contribution in [0, 0.1) is 17.2 Å². The fraction of sp³-hybridized carbons (Fsp3) is 0.286. The summed E-state index contributed by atoms with van der Waals surface area (Å²) in [5, 5.41) is 14.0. The summed E-state index contributed by atoms with van der Waals surface area (Å²) in [6, 6.07) is 13.3. The second-order valence-corrected chi connectivity index (χ2v) is 8.28. The molecular formula is C21H16Cl2N4O2. The molecule has 0 radical (unpaired) electrons. The van der Waals surface area contributed by atoms with Gasteiger partial charge in [0.1, 0.15) is 6.04 Å². The monoisotopic (exact) mass is 426 g/mol. The number of halogens is 2. The van der Waals surface area contributed by atoms with E-state index in [0.717, 1.165) is 25.1 Å². The predicted molar refractivity (Wildman–Crippen MR) is 108 cm³/mol. The van der Waals surface area contributed by atoms with E-state index in [4.69, 9.17) is 28.5 Å². The molecule has 6 nitrogen and oxygen atoms in total. The van der Waals surface area contributed by atoms with E-state index < -0.39 is 12.0 Å². The normalized spacial score (nSPS) is 26.7. The highest BCUT2D eigenvalue weighted by molar-refractivity contribution is 6.38. The lowest BCUT2D eigenvalue weighted by molar-refractivity contribution is -0.126. The summed E-state index contributed by atoms with van der Waals surface area (Å²) >= 11 is 12.3. The number of carbonyl (C=O) groups is 2. The first-order chi connectivity index (χ1) is 14.0. The van der Waals surface area contributed by atoms with Crippen LogP contribution in [-0.2, 0) is 9.59 Å². The second-order valence-electron chi connectivity index (χ2n) is 7.44. The predicted octanol–water partition coefficient (Wildman–Crippen LogP) is 3.40. The highest BCUT2D eigenvalue weighted by atomic mass is 35.5. The average Bonchev–Trinajstić information content (AvgIpc) is 3.35. The minimum atomic E-state index is -0.544. The molecule has 3 atom stereocenters. The molecule has 3 saturated heterocycles. The molecule has 29 heavy (non-hydrogen) atoms. The van der Waals surface area contributed by atoms with Crippen LogP contribution in [0.2, 0.25) is 10.0 Å². The molecule has 146 valence electrons. The molecule has 0 aromatic heterocycles. The summed E-state index contributed by atoms with van der Waals surface area (Å²) in [4.78, 5) is 28.0. The Labute approximate surface area is 177 Å². The first kappa shape index (κ1) is 18.6. The summed E-state index contributed by atoms with van der Waals surface area (Å²) in [5.74, 6) is -1.04. The molecule has 0 bridgehead atoms. The van der Waals surface area contributed by atoms with Crippen LogP contribution in [0.3, 0.4) is 0 Å². The maximum atomic E-state index is 13.5. The molecule has 2 aromatic carbocycles. The van der Waals surface area contributed by atoms with E-state index in [1.807, 2.05) is 17.1 Å². The minimum Gasteiger partial charge on any atom is -0.274 e. The molecule has 0 spiro atoms. The van der Waals surface area contributed by atoms with Crippen molar-refractivity contribution in [2.45, 2.75) is 18.5 Å². The van der Waals surface area contributed by atoms with Gasteiger partial charge in [-0.25, -0.2) is 14.9 Å². The van der Waals surface area contributed by atoms with Crippen molar-refractivity contribution in [2.24, 2.45) is 5.92 Å². The van der Waals surface area contributed by atoms with Crippen LogP contribution < -0.4 is 4.90 Å². The molecule has 2 aromatic rings. The van der Waals surface area contributed by atoms with Gasteiger partial charge in [0.05, 0.1) is 34.3 Å². The first-order valence-electron chi connectivity index (χ1n) is 9.37. The Hall–Kier alpha value is -2.43. The van der Waals surface area contributed by atoms with E-state index in [2.05, 4.69) is 11.1 Å².